The molecule has 1 amide bonds. The Morgan fingerprint density at radius 2 is 2.16 bits per heavy atom. The Morgan fingerprint density at radius 1 is 1.47 bits per heavy atom. The van der Waals surface area contributed by atoms with Gasteiger partial charge < -0.3 is 10.0 Å². The van der Waals surface area contributed by atoms with Crippen molar-refractivity contribution >= 4 is 37.5 Å². The third-order valence-electron chi connectivity index (χ3n) is 2.93. The minimum Gasteiger partial charge on any atom is -0.505 e. The van der Waals surface area contributed by atoms with Gasteiger partial charge in [0.05, 0.1) is 15.9 Å². The predicted octanol–water partition coefficient (Wildman–Crippen LogP) is 0.796. The summed E-state index contributed by atoms with van der Waals surface area (Å²) in [5, 5.41) is 14.9. The summed E-state index contributed by atoms with van der Waals surface area (Å²) >= 11 is 3.17. The smallest absolute Gasteiger partial charge is 0.227 e. The number of amides is 1. The molecule has 1 aromatic rings. The number of carbonyl (C=O) groups excluding carboxylic acids is 1. The number of benzene rings is 1. The number of nitrogens with zero attached hydrogens (tertiary/aromatic N) is 1. The molecule has 0 aliphatic carbocycles. The lowest BCUT2D eigenvalue weighted by Crippen LogP contribution is -2.27. The Hall–Kier alpha value is -1.12. The van der Waals surface area contributed by atoms with E-state index in [9.17, 15) is 18.3 Å². The maximum Gasteiger partial charge on any atom is 0.227 e. The van der Waals surface area contributed by atoms with Crippen LogP contribution in [-0.4, -0.2) is 31.7 Å². The second kappa shape index (κ2) is 5.10. The van der Waals surface area contributed by atoms with Crippen LogP contribution in [0.4, 0.5) is 5.69 Å². The number of para-hydroxylation sites is 1. The van der Waals surface area contributed by atoms with Crippen LogP contribution in [0.15, 0.2) is 22.7 Å². The fourth-order valence-corrected chi connectivity index (χ4v) is 3.41. The molecule has 1 aliphatic heterocycles. The minimum atomic E-state index is -3.61. The highest BCUT2D eigenvalue weighted by atomic mass is 79.9. The zero-order valence-electron chi connectivity index (χ0n) is 9.91. The first kappa shape index (κ1) is 14.3. The highest BCUT2D eigenvalue weighted by Gasteiger charge is 2.34. The van der Waals surface area contributed by atoms with E-state index >= 15 is 0 Å². The molecule has 19 heavy (non-hydrogen) atoms. The summed E-state index contributed by atoms with van der Waals surface area (Å²) in [5.74, 6) is -0.834. The number of carbonyl (C=O) groups is 1. The number of nitrogens with two attached hydrogens (primary N) is 1. The number of hydrogen-bond donors (Lipinski definition) is 2. The van der Waals surface area contributed by atoms with Gasteiger partial charge in [0.25, 0.3) is 0 Å². The zero-order valence-corrected chi connectivity index (χ0v) is 12.3. The van der Waals surface area contributed by atoms with Crippen molar-refractivity contribution in [3.8, 4) is 5.75 Å². The highest BCUT2D eigenvalue weighted by molar-refractivity contribution is 9.10. The largest absolute Gasteiger partial charge is 0.505 e. The normalized spacial score (nSPS) is 20.0. The Labute approximate surface area is 119 Å². The van der Waals surface area contributed by atoms with Gasteiger partial charge in [-0.1, -0.05) is 6.07 Å². The molecule has 1 atom stereocenters. The van der Waals surface area contributed by atoms with Crippen molar-refractivity contribution in [1.82, 2.24) is 0 Å². The fraction of sp³-hybridized carbons (Fsp3) is 0.364. The van der Waals surface area contributed by atoms with Crippen LogP contribution in [0.3, 0.4) is 0 Å². The summed E-state index contributed by atoms with van der Waals surface area (Å²) in [5.41, 5.74) is 0.372. The minimum absolute atomic E-state index is 0.0351. The number of phenolic OH excluding ortho intramolecular Hbond substituents is 1. The van der Waals surface area contributed by atoms with E-state index in [2.05, 4.69) is 15.9 Å². The summed E-state index contributed by atoms with van der Waals surface area (Å²) < 4.78 is 22.6. The molecule has 1 fully saturated rings. The second-order valence-corrected chi connectivity index (χ2v) is 7.02. The number of halogens is 1. The van der Waals surface area contributed by atoms with E-state index in [0.29, 0.717) is 10.2 Å². The van der Waals surface area contributed by atoms with Crippen molar-refractivity contribution in [3.05, 3.63) is 22.7 Å². The molecule has 0 bridgehead atoms. The molecule has 1 heterocycles. The van der Waals surface area contributed by atoms with Crippen LogP contribution in [0.2, 0.25) is 0 Å². The average molecular weight is 349 g/mol. The summed E-state index contributed by atoms with van der Waals surface area (Å²) in [4.78, 5) is 13.3. The third kappa shape index (κ3) is 3.26. The summed E-state index contributed by atoms with van der Waals surface area (Å²) in [6.07, 6.45) is 0.113. The lowest BCUT2D eigenvalue weighted by Gasteiger charge is -2.18. The molecule has 1 unspecified atom stereocenters. The first-order chi connectivity index (χ1) is 8.78. The summed E-state index contributed by atoms with van der Waals surface area (Å²) in [6, 6.07) is 4.96. The van der Waals surface area contributed by atoms with Gasteiger partial charge in [-0.15, -0.1) is 0 Å². The lowest BCUT2D eigenvalue weighted by atomic mass is 10.1. The number of aromatic hydroxyl groups is 1. The number of rotatable bonds is 3. The molecule has 8 heteroatoms. The number of phenols is 1. The maximum absolute atomic E-state index is 11.9. The molecule has 104 valence electrons. The van der Waals surface area contributed by atoms with E-state index in [1.807, 2.05) is 0 Å². The van der Waals surface area contributed by atoms with Gasteiger partial charge in [0.2, 0.25) is 15.9 Å². The standard InChI is InChI=1S/C11H13BrN2O4S/c12-8-2-1-3-9(11(8)16)14-5-7(4-10(14)15)6-19(13,17)18/h1-3,7,16H,4-6H2,(H2,13,17,18). The number of primary sulfonamides is 1. The van der Waals surface area contributed by atoms with Crippen LogP contribution in [0.1, 0.15) is 6.42 Å². The van der Waals surface area contributed by atoms with Crippen LogP contribution in [0, 0.1) is 5.92 Å². The van der Waals surface area contributed by atoms with Gasteiger partial charge in [-0.3, -0.25) is 4.79 Å². The van der Waals surface area contributed by atoms with E-state index in [4.69, 9.17) is 5.14 Å². The highest BCUT2D eigenvalue weighted by Crippen LogP contribution is 2.37. The van der Waals surface area contributed by atoms with E-state index < -0.39 is 10.0 Å². The Balaban J connectivity index is 2.23. The third-order valence-corrected chi connectivity index (χ3v) is 4.51. The Bertz CT molecular complexity index is 617. The van der Waals surface area contributed by atoms with Crippen molar-refractivity contribution in [2.24, 2.45) is 11.1 Å². The van der Waals surface area contributed by atoms with Crippen molar-refractivity contribution in [3.63, 3.8) is 0 Å². The van der Waals surface area contributed by atoms with E-state index in [-0.39, 0.29) is 36.3 Å². The molecular weight excluding hydrogens is 336 g/mol. The molecule has 0 saturated carbocycles. The van der Waals surface area contributed by atoms with Crippen LogP contribution >= 0.6 is 15.9 Å². The first-order valence-corrected chi connectivity index (χ1v) is 8.07. The molecule has 2 rings (SSSR count). The molecule has 6 nitrogen and oxygen atoms in total. The van der Waals surface area contributed by atoms with Gasteiger partial charge in [-0.2, -0.15) is 0 Å². The van der Waals surface area contributed by atoms with Crippen molar-refractivity contribution in [1.29, 1.82) is 0 Å². The van der Waals surface area contributed by atoms with Gasteiger partial charge in [-0.05, 0) is 28.1 Å². The van der Waals surface area contributed by atoms with Crippen molar-refractivity contribution in [2.75, 3.05) is 17.2 Å². The topological polar surface area (TPSA) is 101 Å². The van der Waals surface area contributed by atoms with Gasteiger partial charge in [0, 0.05) is 18.9 Å². The van der Waals surface area contributed by atoms with Crippen LogP contribution < -0.4 is 10.0 Å². The molecule has 1 saturated heterocycles. The van der Waals surface area contributed by atoms with Crippen LogP contribution in [-0.2, 0) is 14.8 Å². The molecule has 1 aromatic carbocycles. The van der Waals surface area contributed by atoms with Crippen LogP contribution in [0.5, 0.6) is 5.75 Å². The number of sulfonamides is 1. The number of hydrogen-bond acceptors (Lipinski definition) is 4. The monoisotopic (exact) mass is 348 g/mol. The van der Waals surface area contributed by atoms with Crippen LogP contribution in [0.25, 0.3) is 0 Å². The molecule has 3 N–H and O–H groups in total. The lowest BCUT2D eigenvalue weighted by molar-refractivity contribution is -0.117. The quantitative estimate of drug-likeness (QED) is 0.843. The molecule has 0 radical (unpaired) electrons. The average Bonchev–Trinajstić information content (AvgIpc) is 2.61. The van der Waals surface area contributed by atoms with E-state index in [0.717, 1.165) is 0 Å². The van der Waals surface area contributed by atoms with Gasteiger partial charge in [0.15, 0.2) is 5.75 Å². The Morgan fingerprint density at radius 3 is 2.79 bits per heavy atom. The molecular formula is C11H13BrN2O4S. The predicted molar refractivity (Wildman–Crippen MR) is 74.2 cm³/mol. The Kier molecular flexibility index (Phi) is 3.84. The SMILES string of the molecule is NS(=O)(=O)CC1CC(=O)N(c2cccc(Br)c2O)C1. The van der Waals surface area contributed by atoms with E-state index in [1.165, 1.54) is 4.90 Å². The maximum atomic E-state index is 11.9. The van der Waals surface area contributed by atoms with E-state index in [1.54, 1.807) is 18.2 Å². The molecule has 0 spiro atoms. The van der Waals surface area contributed by atoms with Gasteiger partial charge in [-0.25, -0.2) is 13.6 Å². The number of anilines is 1. The van der Waals surface area contributed by atoms with Gasteiger partial charge >= 0.3 is 0 Å². The van der Waals surface area contributed by atoms with Crippen molar-refractivity contribution < 1.29 is 18.3 Å². The first-order valence-electron chi connectivity index (χ1n) is 5.56. The zero-order chi connectivity index (χ0) is 14.2. The molecule has 0 aromatic heterocycles. The summed E-state index contributed by atoms with van der Waals surface area (Å²) in [7, 11) is -3.61. The van der Waals surface area contributed by atoms with Gasteiger partial charge in [0.1, 0.15) is 0 Å². The molecule has 1 aliphatic rings. The fourth-order valence-electron chi connectivity index (χ4n) is 2.18. The second-order valence-electron chi connectivity index (χ2n) is 4.51. The van der Waals surface area contributed by atoms with Crippen molar-refractivity contribution in [2.45, 2.75) is 6.42 Å². The summed E-state index contributed by atoms with van der Waals surface area (Å²) in [6.45, 7) is 0.235.